The number of ether oxygens (including phenoxy) is 2. The van der Waals surface area contributed by atoms with Crippen LogP contribution in [0.5, 0.6) is 11.5 Å². The van der Waals surface area contributed by atoms with Gasteiger partial charge < -0.3 is 29.5 Å². The zero-order chi connectivity index (χ0) is 82.2. The van der Waals surface area contributed by atoms with Gasteiger partial charge in [-0.1, -0.05) is 125 Å². The number of halogens is 5. The van der Waals surface area contributed by atoms with Gasteiger partial charge in [0.1, 0.15) is 22.7 Å². The number of aryl methyl sites for hydroxylation is 2. The highest BCUT2D eigenvalue weighted by Crippen LogP contribution is 2.34. The number of aliphatic hydroxyl groups is 2. The molecule has 1 amide bonds. The first-order chi connectivity index (χ1) is 55.4. The number of anilines is 1. The molecule has 1 aliphatic heterocycles. The highest BCUT2D eigenvalue weighted by molar-refractivity contribution is 6.31. The topological polar surface area (TPSA) is 245 Å². The Bertz CT molecular complexity index is 6300. The summed E-state index contributed by atoms with van der Waals surface area (Å²) in [5.41, 5.74) is 12.7. The monoisotopic (exact) mass is 1590 g/mol. The van der Waals surface area contributed by atoms with Crippen molar-refractivity contribution >= 4 is 61.8 Å². The summed E-state index contributed by atoms with van der Waals surface area (Å²) >= 11 is 6.56. The molecule has 7 aromatic carbocycles. The zero-order valence-electron chi connectivity index (χ0n) is 65.6. The number of hydrogen-bond acceptors (Lipinski definition) is 15. The lowest BCUT2D eigenvalue weighted by Gasteiger charge is -2.39. The molecule has 2 N–H and O–H groups in total. The molecule has 28 heteroatoms. The quantitative estimate of drug-likeness (QED) is 0.0674. The summed E-state index contributed by atoms with van der Waals surface area (Å²) in [4.78, 5) is 77.8. The fourth-order valence-electron chi connectivity index (χ4n) is 14.9. The van der Waals surface area contributed by atoms with Crippen LogP contribution in [0.2, 0.25) is 5.02 Å². The molecule has 0 bridgehead atoms. The third-order valence-corrected chi connectivity index (χ3v) is 21.3. The number of hydrogen-bond donors (Lipinski definition) is 2. The molecule has 0 spiro atoms. The van der Waals surface area contributed by atoms with Gasteiger partial charge in [0.2, 0.25) is 11.9 Å². The van der Waals surface area contributed by atoms with Crippen molar-refractivity contribution in [2.45, 2.75) is 125 Å². The van der Waals surface area contributed by atoms with E-state index in [-0.39, 0.29) is 53.2 Å². The molecule has 0 saturated carbocycles. The van der Waals surface area contributed by atoms with Crippen molar-refractivity contribution < 1.29 is 42.0 Å². The predicted octanol–water partition coefficient (Wildman–Crippen LogP) is 14.7. The summed E-state index contributed by atoms with van der Waals surface area (Å²) < 4.78 is 73.8. The molecule has 0 radical (unpaired) electrons. The third kappa shape index (κ3) is 17.3. The first-order valence-corrected chi connectivity index (χ1v) is 38.1. The Morgan fingerprint density at radius 3 is 1.67 bits per heavy atom. The minimum atomic E-state index is -2.97. The normalized spacial score (nSPS) is 13.8. The van der Waals surface area contributed by atoms with E-state index in [2.05, 4.69) is 66.1 Å². The van der Waals surface area contributed by atoms with Crippen LogP contribution in [0.4, 0.5) is 23.5 Å². The maximum Gasteiger partial charge on any atom is 0.387 e. The van der Waals surface area contributed by atoms with Gasteiger partial charge in [-0.15, -0.1) is 0 Å². The number of allylic oxidation sites excluding steroid dienone is 4. The first-order valence-electron chi connectivity index (χ1n) is 37.7. The Morgan fingerprint density at radius 2 is 1.11 bits per heavy atom. The number of carbonyl (C=O) groups is 1. The Balaban J connectivity index is 0.000000144. The van der Waals surface area contributed by atoms with Crippen LogP contribution in [0.3, 0.4) is 0 Å². The van der Waals surface area contributed by atoms with Crippen LogP contribution in [0.15, 0.2) is 221 Å². The van der Waals surface area contributed by atoms with Crippen LogP contribution in [0.1, 0.15) is 98.4 Å². The molecule has 2 aliphatic rings. The summed E-state index contributed by atoms with van der Waals surface area (Å²) in [6, 6.07) is 44.8. The first kappa shape index (κ1) is 80.0. The molecule has 1 fully saturated rings. The van der Waals surface area contributed by atoms with E-state index in [9.17, 15) is 47.0 Å². The van der Waals surface area contributed by atoms with Crippen molar-refractivity contribution in [1.29, 1.82) is 0 Å². The van der Waals surface area contributed by atoms with Crippen LogP contribution in [-0.4, -0.2) is 123 Å². The SMILES string of the molecule is CC(=O)N1CCN(c2ncc(-c3ccc4c(=O)n(Cc5cccc(C)c5)n(Cc5ccccc5Cl)c4c3)cn2)C[C@H]1C.Cc1ccc(OC(F)F)c(Cn2c3cc(-c4cnn5c(C(C)(C)O)cnc5c4)ccc3c(=O)n2C)c1.Cn1c(=O)c2ccc(-c3cnc(C(C)(C)O)nc3)cc2n1Cc1cc(CC2=CC=CC2)ccc1OC(F)F. The van der Waals surface area contributed by atoms with Gasteiger partial charge in [0, 0.05) is 104 Å². The maximum absolute atomic E-state index is 13.7. The van der Waals surface area contributed by atoms with E-state index in [0.717, 1.165) is 67.6 Å². The van der Waals surface area contributed by atoms with Crippen LogP contribution in [-0.2, 0) is 62.7 Å². The van der Waals surface area contributed by atoms with E-state index < -0.39 is 24.4 Å². The number of aromatic nitrogens is 13. The van der Waals surface area contributed by atoms with Gasteiger partial charge in [0.05, 0.1) is 77.0 Å². The lowest BCUT2D eigenvalue weighted by atomic mass is 10.0. The fourth-order valence-corrected chi connectivity index (χ4v) is 15.1. The van der Waals surface area contributed by atoms with Crippen molar-refractivity contribution in [1.82, 2.24) is 67.5 Å². The Kier molecular flexibility index (Phi) is 22.8. The van der Waals surface area contributed by atoms with E-state index in [1.165, 1.54) is 21.0 Å². The summed E-state index contributed by atoms with van der Waals surface area (Å²) in [6.07, 6.45) is 17.9. The molecule has 7 aromatic heterocycles. The van der Waals surface area contributed by atoms with E-state index in [1.54, 1.807) is 128 Å². The zero-order valence-corrected chi connectivity index (χ0v) is 66.3. The Hall–Kier alpha value is -12.6. The van der Waals surface area contributed by atoms with Crippen LogP contribution >= 0.6 is 11.6 Å². The Labute approximate surface area is 669 Å². The number of amides is 1. The molecule has 23 nitrogen and oxygen atoms in total. The van der Waals surface area contributed by atoms with Crippen molar-refractivity contribution in [3.8, 4) is 44.9 Å². The number of alkyl halides is 4. The molecule has 116 heavy (non-hydrogen) atoms. The maximum atomic E-state index is 13.7. The minimum absolute atomic E-state index is 0.0458. The smallest absolute Gasteiger partial charge is 0.387 e. The molecule has 596 valence electrons. The van der Waals surface area contributed by atoms with Gasteiger partial charge in [-0.25, -0.2) is 34.1 Å². The van der Waals surface area contributed by atoms with Gasteiger partial charge in [0.25, 0.3) is 16.7 Å². The van der Waals surface area contributed by atoms with Crippen LogP contribution < -0.4 is 31.1 Å². The summed E-state index contributed by atoms with van der Waals surface area (Å²) in [5.74, 6) is 1.18. The molecule has 8 heterocycles. The van der Waals surface area contributed by atoms with Crippen molar-refractivity contribution in [2.75, 3.05) is 24.5 Å². The van der Waals surface area contributed by atoms with Crippen LogP contribution in [0.25, 0.3) is 71.7 Å². The van der Waals surface area contributed by atoms with Crippen molar-refractivity contribution in [3.05, 3.63) is 293 Å². The van der Waals surface area contributed by atoms with Gasteiger partial charge >= 0.3 is 13.2 Å². The Morgan fingerprint density at radius 1 is 0.552 bits per heavy atom. The van der Waals surface area contributed by atoms with Gasteiger partial charge in [-0.05, 0) is 161 Å². The number of benzene rings is 7. The second-order valence-corrected chi connectivity index (χ2v) is 30.7. The van der Waals surface area contributed by atoms with Gasteiger partial charge in [-0.3, -0.25) is 42.6 Å². The van der Waals surface area contributed by atoms with Gasteiger partial charge in [0.15, 0.2) is 11.5 Å². The highest BCUT2D eigenvalue weighted by atomic mass is 35.5. The minimum Gasteiger partial charge on any atom is -0.434 e. The highest BCUT2D eigenvalue weighted by Gasteiger charge is 2.29. The molecule has 1 aliphatic carbocycles. The van der Waals surface area contributed by atoms with Crippen molar-refractivity contribution in [2.24, 2.45) is 14.1 Å². The molecule has 16 rings (SSSR count). The molecular formula is C88H86ClF4N15O8. The average molecular weight is 1590 g/mol. The average Bonchev–Trinajstić information content (AvgIpc) is 1.62. The molecule has 1 atom stereocenters. The predicted molar refractivity (Wildman–Crippen MR) is 440 cm³/mol. The summed E-state index contributed by atoms with van der Waals surface area (Å²) in [7, 11) is 3.29. The largest absolute Gasteiger partial charge is 0.434 e. The third-order valence-electron chi connectivity index (χ3n) is 20.9. The van der Waals surface area contributed by atoms with E-state index in [0.29, 0.717) is 111 Å². The molecule has 1 saturated heterocycles. The van der Waals surface area contributed by atoms with Gasteiger partial charge in [-0.2, -0.15) is 22.7 Å². The fraction of sp³-hybridized carbons (Fsp3) is 0.273. The van der Waals surface area contributed by atoms with Crippen LogP contribution in [0, 0.1) is 13.8 Å². The van der Waals surface area contributed by atoms with E-state index in [1.807, 2.05) is 133 Å². The number of nitrogens with zero attached hydrogens (tertiary/aromatic N) is 15. The molecular weight excluding hydrogens is 1510 g/mol. The number of fused-ring (bicyclic) bond motifs is 4. The summed E-state index contributed by atoms with van der Waals surface area (Å²) in [5, 5.41) is 27.3. The second kappa shape index (κ2) is 33.1. The van der Waals surface area contributed by atoms with E-state index >= 15 is 0 Å². The number of piperazine rings is 1. The lowest BCUT2D eigenvalue weighted by molar-refractivity contribution is -0.131. The second-order valence-electron chi connectivity index (χ2n) is 30.3. The number of imidazole rings is 1. The van der Waals surface area contributed by atoms with E-state index in [4.69, 9.17) is 21.1 Å². The number of rotatable bonds is 20. The lowest BCUT2D eigenvalue weighted by Crippen LogP contribution is -2.53. The standard InChI is InChI=1S/C33H33ClN6O2.C29H28F2N4O3.C26H25F2N5O3/c1-22-7-6-8-25(15-22)20-40-32(42)29-12-11-26(16-31(29)39(40)21-27-9-4-5-10-30(27)34)28-17-35-33(36-18-28)37-13-14-38(24(3)41)23(2)19-37;1-29(2,37)27-32-15-22(16-33-27)20-9-10-23-24(14-20)35(34(3)26(23)36)17-21-13-19(12-18-6-4-5-7-18)8-11-25(21)38-28(30)31;1-15-5-8-21(36-25(27)28)18(9-15)14-32-20-10-16(6-7-19(20)24(34)31(32)4)17-11-23-29-13-22(26(2,3)35)33(23)30-12-17/h4-12,15-18,23H,13-14,19-21H2,1-3H3;4-6,8-11,13-16,28,37H,7,12,17H2,1-3H3;5-13,25,35H,14H2,1-4H3/t23-;;/m1../s1. The molecule has 0 unspecified atom stereocenters. The molecule has 14 aromatic rings. The van der Waals surface area contributed by atoms with Crippen molar-refractivity contribution in [3.63, 3.8) is 0 Å². The summed E-state index contributed by atoms with van der Waals surface area (Å²) in [6.45, 7) is 11.5. The number of carbonyl (C=O) groups excluding carboxylic acids is 1.